The van der Waals surface area contributed by atoms with Crippen LogP contribution in [-0.2, 0) is 0 Å². The lowest BCUT2D eigenvalue weighted by Gasteiger charge is -2.14. The molecule has 0 heterocycles. The van der Waals surface area contributed by atoms with Crippen molar-refractivity contribution in [3.63, 3.8) is 0 Å². The van der Waals surface area contributed by atoms with Crippen LogP contribution >= 0.6 is 0 Å². The van der Waals surface area contributed by atoms with Gasteiger partial charge < -0.3 is 0 Å². The molecule has 0 saturated heterocycles. The van der Waals surface area contributed by atoms with Crippen LogP contribution in [0.25, 0.3) is 0 Å². The molecule has 2 aromatic carbocycles. The highest BCUT2D eigenvalue weighted by atomic mass is 15.4. The van der Waals surface area contributed by atoms with E-state index in [9.17, 15) is 0 Å². The minimum absolute atomic E-state index is 0.587. The van der Waals surface area contributed by atoms with Gasteiger partial charge in [0.05, 0.1) is 23.3 Å². The summed E-state index contributed by atoms with van der Waals surface area (Å²) in [5.41, 5.74) is 4.70. The number of allylic oxidation sites excluding steroid dienone is 1. The van der Waals surface area contributed by atoms with Gasteiger partial charge in [0.25, 0.3) is 0 Å². The molecule has 2 N–H and O–H groups in total. The normalized spacial score (nSPS) is 11.7. The number of hydrogen-bond acceptors (Lipinski definition) is 4. The topological polar surface area (TPSA) is 54.0 Å². The quantitative estimate of drug-likeness (QED) is 0.516. The lowest BCUT2D eigenvalue weighted by atomic mass is 10.2. The Hall–Kier alpha value is -2.72. The SMILES string of the molecule is C=NC(/C=N\c1ccc(C)cc1)=C\N(N)c1ccc(C)cc1. The maximum atomic E-state index is 6.02. The maximum Gasteiger partial charge on any atom is 0.0982 e. The molecular formula is C18H20N4. The molecule has 4 nitrogen and oxygen atoms in total. The van der Waals surface area contributed by atoms with Gasteiger partial charge in [0.15, 0.2) is 0 Å². The van der Waals surface area contributed by atoms with E-state index >= 15 is 0 Å². The zero-order chi connectivity index (χ0) is 15.9. The number of benzene rings is 2. The van der Waals surface area contributed by atoms with Gasteiger partial charge in [-0.15, -0.1) is 0 Å². The minimum atomic E-state index is 0.587. The molecule has 2 rings (SSSR count). The number of nitrogens with zero attached hydrogens (tertiary/aromatic N) is 3. The van der Waals surface area contributed by atoms with Gasteiger partial charge in [0.2, 0.25) is 0 Å². The summed E-state index contributed by atoms with van der Waals surface area (Å²) >= 11 is 0. The summed E-state index contributed by atoms with van der Waals surface area (Å²) in [4.78, 5) is 8.31. The standard InChI is InChI=1S/C18H20N4/c1-14-4-8-16(9-5-14)21-12-17(20-3)13-22(19)18-10-6-15(2)7-11-18/h4-13H,3,19H2,1-2H3/b17-13-,21-12-. The fraction of sp³-hybridized carbons (Fsp3) is 0.111. The summed E-state index contributed by atoms with van der Waals surface area (Å²) in [6.07, 6.45) is 3.33. The fourth-order valence-electron chi connectivity index (χ4n) is 1.82. The number of hydrogen-bond donors (Lipinski definition) is 1. The van der Waals surface area contributed by atoms with E-state index in [-0.39, 0.29) is 0 Å². The molecule has 0 aliphatic heterocycles. The van der Waals surface area contributed by atoms with Crippen LogP contribution in [-0.4, -0.2) is 12.9 Å². The molecule has 0 spiro atoms. The van der Waals surface area contributed by atoms with Crippen molar-refractivity contribution in [2.24, 2.45) is 15.8 Å². The van der Waals surface area contributed by atoms with Gasteiger partial charge in [-0.25, -0.2) is 5.84 Å². The van der Waals surface area contributed by atoms with Crippen LogP contribution in [0.15, 0.2) is 70.4 Å². The van der Waals surface area contributed by atoms with Crippen molar-refractivity contribution in [3.8, 4) is 0 Å². The summed E-state index contributed by atoms with van der Waals surface area (Å²) in [5, 5.41) is 1.50. The first-order valence-electron chi connectivity index (χ1n) is 6.98. The molecule has 0 atom stereocenters. The average Bonchev–Trinajstić information content (AvgIpc) is 2.53. The molecule has 0 fully saturated rings. The van der Waals surface area contributed by atoms with E-state index in [1.165, 1.54) is 16.1 Å². The molecule has 22 heavy (non-hydrogen) atoms. The lowest BCUT2D eigenvalue weighted by Crippen LogP contribution is -2.24. The summed E-state index contributed by atoms with van der Waals surface area (Å²) in [6.45, 7) is 7.63. The highest BCUT2D eigenvalue weighted by molar-refractivity contribution is 5.82. The van der Waals surface area contributed by atoms with Crippen LogP contribution in [0.4, 0.5) is 11.4 Å². The minimum Gasteiger partial charge on any atom is -0.285 e. The Labute approximate surface area is 131 Å². The second kappa shape index (κ2) is 7.33. The molecule has 0 amide bonds. The van der Waals surface area contributed by atoms with E-state index in [1.807, 2.05) is 62.4 Å². The molecule has 0 bridgehead atoms. The van der Waals surface area contributed by atoms with Gasteiger partial charge in [0, 0.05) is 6.20 Å². The molecule has 112 valence electrons. The smallest absolute Gasteiger partial charge is 0.0982 e. The first-order chi connectivity index (χ1) is 10.6. The number of rotatable bonds is 5. The predicted octanol–water partition coefficient (Wildman–Crippen LogP) is 3.93. The molecule has 0 aromatic heterocycles. The number of anilines is 1. The summed E-state index contributed by atoms with van der Waals surface area (Å²) in [7, 11) is 0. The lowest BCUT2D eigenvalue weighted by molar-refractivity contribution is 1.07. The summed E-state index contributed by atoms with van der Waals surface area (Å²) < 4.78 is 0. The highest BCUT2D eigenvalue weighted by Crippen LogP contribution is 2.15. The van der Waals surface area contributed by atoms with Gasteiger partial charge in [-0.2, -0.15) is 0 Å². The van der Waals surface area contributed by atoms with Gasteiger partial charge in [0.1, 0.15) is 0 Å². The number of hydrazine groups is 1. The van der Waals surface area contributed by atoms with Gasteiger partial charge in [-0.3, -0.25) is 15.0 Å². The van der Waals surface area contributed by atoms with E-state index in [1.54, 1.807) is 12.4 Å². The third-order valence-electron chi connectivity index (χ3n) is 3.17. The zero-order valence-corrected chi connectivity index (χ0v) is 12.9. The Bertz CT molecular complexity index is 682. The van der Waals surface area contributed by atoms with Crippen molar-refractivity contribution < 1.29 is 0 Å². The van der Waals surface area contributed by atoms with Crippen LogP contribution in [0.3, 0.4) is 0 Å². The van der Waals surface area contributed by atoms with Crippen molar-refractivity contribution in [2.75, 3.05) is 5.01 Å². The molecule has 0 radical (unpaired) electrons. The summed E-state index contributed by atoms with van der Waals surface area (Å²) in [5.74, 6) is 6.02. The Balaban J connectivity index is 2.14. The number of nitrogens with two attached hydrogens (primary N) is 1. The Morgan fingerprint density at radius 3 is 2.09 bits per heavy atom. The molecular weight excluding hydrogens is 272 g/mol. The highest BCUT2D eigenvalue weighted by Gasteiger charge is 1.99. The predicted molar refractivity (Wildman–Crippen MR) is 94.8 cm³/mol. The largest absolute Gasteiger partial charge is 0.285 e. The Morgan fingerprint density at radius 1 is 1.00 bits per heavy atom. The van der Waals surface area contributed by atoms with Gasteiger partial charge in [-0.1, -0.05) is 35.4 Å². The van der Waals surface area contributed by atoms with Crippen molar-refractivity contribution >= 4 is 24.3 Å². The van der Waals surface area contributed by atoms with E-state index in [4.69, 9.17) is 5.84 Å². The van der Waals surface area contributed by atoms with Gasteiger partial charge >= 0.3 is 0 Å². The van der Waals surface area contributed by atoms with E-state index in [0.29, 0.717) is 5.70 Å². The Kier molecular flexibility index (Phi) is 5.22. The monoisotopic (exact) mass is 292 g/mol. The molecule has 4 heteroatoms. The molecule has 0 unspecified atom stereocenters. The van der Waals surface area contributed by atoms with Crippen molar-refractivity contribution in [1.29, 1.82) is 0 Å². The fourth-order valence-corrected chi connectivity index (χ4v) is 1.82. The van der Waals surface area contributed by atoms with Crippen LogP contribution in [0.2, 0.25) is 0 Å². The van der Waals surface area contributed by atoms with E-state index in [2.05, 4.69) is 16.7 Å². The molecule has 0 aliphatic carbocycles. The molecule has 2 aromatic rings. The van der Waals surface area contributed by atoms with Crippen molar-refractivity contribution in [2.45, 2.75) is 13.8 Å². The first-order valence-corrected chi connectivity index (χ1v) is 6.98. The van der Waals surface area contributed by atoms with E-state index in [0.717, 1.165) is 11.4 Å². The molecule has 0 saturated carbocycles. The maximum absolute atomic E-state index is 6.02. The van der Waals surface area contributed by atoms with Crippen LogP contribution in [0.5, 0.6) is 0 Å². The number of aryl methyl sites for hydroxylation is 2. The second-order valence-corrected chi connectivity index (χ2v) is 5.05. The third kappa shape index (κ3) is 4.40. The van der Waals surface area contributed by atoms with Crippen LogP contribution < -0.4 is 10.9 Å². The van der Waals surface area contributed by atoms with Crippen LogP contribution in [0.1, 0.15) is 11.1 Å². The number of aliphatic imine (C=N–C) groups is 2. The first kappa shape index (κ1) is 15.7. The van der Waals surface area contributed by atoms with Crippen LogP contribution in [0, 0.1) is 13.8 Å². The third-order valence-corrected chi connectivity index (χ3v) is 3.17. The van der Waals surface area contributed by atoms with Crippen molar-refractivity contribution in [1.82, 2.24) is 0 Å². The average molecular weight is 292 g/mol. The Morgan fingerprint density at radius 2 is 1.55 bits per heavy atom. The zero-order valence-electron chi connectivity index (χ0n) is 12.9. The van der Waals surface area contributed by atoms with Crippen molar-refractivity contribution in [3.05, 3.63) is 71.6 Å². The summed E-state index contributed by atoms with van der Waals surface area (Å²) in [6, 6.07) is 15.8. The van der Waals surface area contributed by atoms with E-state index < -0.39 is 0 Å². The van der Waals surface area contributed by atoms with Gasteiger partial charge in [-0.05, 0) is 44.8 Å². The second-order valence-electron chi connectivity index (χ2n) is 5.05. The molecule has 0 aliphatic rings.